The third-order valence-corrected chi connectivity index (χ3v) is 4.72. The third-order valence-electron chi connectivity index (χ3n) is 4.72. The van der Waals surface area contributed by atoms with Crippen LogP contribution in [0.25, 0.3) is 11.3 Å². The lowest BCUT2D eigenvalue weighted by Crippen LogP contribution is -2.47. The maximum absolute atomic E-state index is 10.9. The monoisotopic (exact) mass is 377 g/mol. The Balaban J connectivity index is 1.44. The van der Waals surface area contributed by atoms with Gasteiger partial charge in [-0.15, -0.1) is 10.2 Å². The molecule has 3 aromatic rings. The number of nitro groups is 1. The van der Waals surface area contributed by atoms with Gasteiger partial charge in [-0.3, -0.25) is 10.1 Å². The zero-order valence-corrected chi connectivity index (χ0v) is 15.4. The number of hydrogen-bond acceptors (Lipinski definition) is 8. The third kappa shape index (κ3) is 3.73. The van der Waals surface area contributed by atoms with E-state index in [0.717, 1.165) is 43.5 Å². The van der Waals surface area contributed by atoms with E-state index < -0.39 is 4.92 Å². The van der Waals surface area contributed by atoms with Crippen molar-refractivity contribution in [2.24, 2.45) is 0 Å². The molecule has 1 aliphatic rings. The average Bonchev–Trinajstić information content (AvgIpc) is 2.74. The van der Waals surface area contributed by atoms with E-state index >= 15 is 0 Å². The smallest absolute Gasteiger partial charge is 0.270 e. The molecule has 1 aromatic carbocycles. The number of anilines is 2. The molecule has 4 rings (SSSR count). The van der Waals surface area contributed by atoms with Gasteiger partial charge in [-0.05, 0) is 19.1 Å². The lowest BCUT2D eigenvalue weighted by molar-refractivity contribution is -0.384. The van der Waals surface area contributed by atoms with Crippen LogP contribution in [0.3, 0.4) is 0 Å². The molecule has 0 bridgehead atoms. The van der Waals surface area contributed by atoms with Gasteiger partial charge in [0, 0.05) is 55.6 Å². The van der Waals surface area contributed by atoms with Crippen molar-refractivity contribution in [3.8, 4) is 11.3 Å². The Kier molecular flexibility index (Phi) is 4.79. The first-order valence-corrected chi connectivity index (χ1v) is 8.97. The maximum Gasteiger partial charge on any atom is 0.270 e. The highest BCUT2D eigenvalue weighted by Gasteiger charge is 2.20. The number of nitro benzene ring substituents is 1. The summed E-state index contributed by atoms with van der Waals surface area (Å²) in [5, 5.41) is 19.5. The van der Waals surface area contributed by atoms with E-state index in [4.69, 9.17) is 0 Å². The van der Waals surface area contributed by atoms with Gasteiger partial charge in [-0.2, -0.15) is 0 Å². The summed E-state index contributed by atoms with van der Waals surface area (Å²) < 4.78 is 0. The van der Waals surface area contributed by atoms with Crippen LogP contribution in [-0.4, -0.2) is 51.3 Å². The molecule has 1 aliphatic heterocycles. The molecule has 0 saturated carbocycles. The van der Waals surface area contributed by atoms with Crippen LogP contribution in [0.2, 0.25) is 0 Å². The van der Waals surface area contributed by atoms with Crippen LogP contribution in [0.15, 0.2) is 48.8 Å². The topological polar surface area (TPSA) is 101 Å². The van der Waals surface area contributed by atoms with Crippen LogP contribution in [-0.2, 0) is 0 Å². The molecule has 0 radical (unpaired) electrons. The van der Waals surface area contributed by atoms with Crippen molar-refractivity contribution in [2.45, 2.75) is 6.92 Å². The summed E-state index contributed by atoms with van der Waals surface area (Å²) in [7, 11) is 0. The van der Waals surface area contributed by atoms with Crippen molar-refractivity contribution in [3.63, 3.8) is 0 Å². The Morgan fingerprint density at radius 1 is 0.929 bits per heavy atom. The zero-order valence-electron chi connectivity index (χ0n) is 15.4. The molecule has 0 amide bonds. The lowest BCUT2D eigenvalue weighted by atomic mass is 10.1. The van der Waals surface area contributed by atoms with E-state index in [-0.39, 0.29) is 5.69 Å². The van der Waals surface area contributed by atoms with Crippen LogP contribution in [0.4, 0.5) is 17.3 Å². The van der Waals surface area contributed by atoms with Gasteiger partial charge in [0.15, 0.2) is 5.82 Å². The predicted octanol–water partition coefficient (Wildman–Crippen LogP) is 2.48. The van der Waals surface area contributed by atoms with Gasteiger partial charge in [0.2, 0.25) is 0 Å². The van der Waals surface area contributed by atoms with E-state index in [0.29, 0.717) is 11.3 Å². The quantitative estimate of drug-likeness (QED) is 0.505. The first-order chi connectivity index (χ1) is 13.6. The Labute approximate surface area is 161 Å². The molecule has 9 nitrogen and oxygen atoms in total. The van der Waals surface area contributed by atoms with Gasteiger partial charge in [-0.25, -0.2) is 9.97 Å². The summed E-state index contributed by atoms with van der Waals surface area (Å²) in [6, 6.07) is 12.2. The van der Waals surface area contributed by atoms with Crippen LogP contribution < -0.4 is 9.80 Å². The highest BCUT2D eigenvalue weighted by molar-refractivity contribution is 5.63. The highest BCUT2D eigenvalue weighted by atomic mass is 16.6. The first-order valence-electron chi connectivity index (χ1n) is 8.97. The molecule has 0 aliphatic carbocycles. The fraction of sp³-hybridized carbons (Fsp3) is 0.263. The van der Waals surface area contributed by atoms with E-state index in [9.17, 15) is 10.1 Å². The molecule has 9 heteroatoms. The lowest BCUT2D eigenvalue weighted by Gasteiger charge is -2.35. The van der Waals surface area contributed by atoms with E-state index in [2.05, 4.69) is 30.0 Å². The molecule has 1 fully saturated rings. The minimum absolute atomic E-state index is 0.0412. The number of aryl methyl sites for hydroxylation is 1. The second-order valence-corrected chi connectivity index (χ2v) is 6.58. The Bertz CT molecular complexity index is 986. The van der Waals surface area contributed by atoms with Gasteiger partial charge in [0.25, 0.3) is 5.69 Å². The standard InChI is InChI=1S/C19H19N7O2/c1-14-11-19(21-13-20-14)25-9-7-24(8-10-25)18-6-5-17(22-23-18)15-3-2-4-16(12-15)26(27)28/h2-6,11-13H,7-10H2,1H3. The Morgan fingerprint density at radius 3 is 2.32 bits per heavy atom. The number of rotatable bonds is 4. The van der Waals surface area contributed by atoms with Crippen LogP contribution in [0.1, 0.15) is 5.69 Å². The number of piperazine rings is 1. The number of benzene rings is 1. The van der Waals surface area contributed by atoms with E-state index in [1.807, 2.05) is 25.1 Å². The number of hydrogen-bond donors (Lipinski definition) is 0. The molecule has 142 valence electrons. The number of non-ortho nitro benzene ring substituents is 1. The summed E-state index contributed by atoms with van der Waals surface area (Å²) in [6.45, 7) is 5.26. The largest absolute Gasteiger partial charge is 0.353 e. The minimum Gasteiger partial charge on any atom is -0.353 e. The second kappa shape index (κ2) is 7.55. The summed E-state index contributed by atoms with van der Waals surface area (Å²) in [4.78, 5) is 23.4. The maximum atomic E-state index is 10.9. The summed E-state index contributed by atoms with van der Waals surface area (Å²) in [6.07, 6.45) is 1.59. The molecule has 2 aromatic heterocycles. The van der Waals surface area contributed by atoms with Gasteiger partial charge in [-0.1, -0.05) is 12.1 Å². The minimum atomic E-state index is -0.413. The van der Waals surface area contributed by atoms with Gasteiger partial charge < -0.3 is 9.80 Å². The van der Waals surface area contributed by atoms with Crippen molar-refractivity contribution >= 4 is 17.3 Å². The second-order valence-electron chi connectivity index (χ2n) is 6.58. The Hall–Kier alpha value is -3.62. The van der Waals surface area contributed by atoms with Crippen molar-refractivity contribution < 1.29 is 4.92 Å². The fourth-order valence-corrected chi connectivity index (χ4v) is 3.20. The summed E-state index contributed by atoms with van der Waals surface area (Å²) >= 11 is 0. The molecule has 28 heavy (non-hydrogen) atoms. The average molecular weight is 377 g/mol. The molecule has 0 spiro atoms. The molecule has 0 unspecified atom stereocenters. The van der Waals surface area contributed by atoms with Crippen molar-refractivity contribution in [1.29, 1.82) is 0 Å². The normalized spacial score (nSPS) is 14.2. The van der Waals surface area contributed by atoms with Crippen molar-refractivity contribution in [3.05, 3.63) is 64.6 Å². The molecule has 0 N–H and O–H groups in total. The summed E-state index contributed by atoms with van der Waals surface area (Å²) in [5.74, 6) is 1.74. The van der Waals surface area contributed by atoms with Crippen molar-refractivity contribution in [2.75, 3.05) is 36.0 Å². The molecule has 1 saturated heterocycles. The molecular formula is C19H19N7O2. The van der Waals surface area contributed by atoms with Crippen molar-refractivity contribution in [1.82, 2.24) is 20.2 Å². The number of nitrogens with zero attached hydrogens (tertiary/aromatic N) is 7. The Morgan fingerprint density at radius 2 is 1.68 bits per heavy atom. The van der Waals surface area contributed by atoms with Gasteiger partial charge in [0.1, 0.15) is 12.1 Å². The summed E-state index contributed by atoms with van der Waals surface area (Å²) in [5.41, 5.74) is 2.29. The van der Waals surface area contributed by atoms with Crippen LogP contribution in [0, 0.1) is 17.0 Å². The fourth-order valence-electron chi connectivity index (χ4n) is 3.20. The van der Waals surface area contributed by atoms with E-state index in [1.54, 1.807) is 18.5 Å². The SMILES string of the molecule is Cc1cc(N2CCN(c3ccc(-c4cccc([N+](=O)[O-])c4)nn3)CC2)ncn1. The van der Waals surface area contributed by atoms with Gasteiger partial charge >= 0.3 is 0 Å². The van der Waals surface area contributed by atoms with Crippen LogP contribution in [0.5, 0.6) is 0 Å². The van der Waals surface area contributed by atoms with Crippen LogP contribution >= 0.6 is 0 Å². The predicted molar refractivity (Wildman–Crippen MR) is 105 cm³/mol. The highest BCUT2D eigenvalue weighted by Crippen LogP contribution is 2.23. The van der Waals surface area contributed by atoms with E-state index in [1.165, 1.54) is 12.1 Å². The van der Waals surface area contributed by atoms with Gasteiger partial charge in [0.05, 0.1) is 10.6 Å². The zero-order chi connectivity index (χ0) is 19.5. The molecule has 3 heterocycles. The number of aromatic nitrogens is 4. The molecular weight excluding hydrogens is 358 g/mol. The first kappa shape index (κ1) is 17.8. The molecule has 0 atom stereocenters.